The van der Waals surface area contributed by atoms with Crippen LogP contribution in [0.2, 0.25) is 0 Å². The van der Waals surface area contributed by atoms with E-state index in [1.165, 1.54) is 16.7 Å². The molecule has 0 aromatic heterocycles. The molecule has 172 valence electrons. The van der Waals surface area contributed by atoms with Gasteiger partial charge in [-0.3, -0.25) is 4.79 Å². The predicted octanol–water partition coefficient (Wildman–Crippen LogP) is 4.53. The Morgan fingerprint density at radius 1 is 1.06 bits per heavy atom. The van der Waals surface area contributed by atoms with Crippen molar-refractivity contribution in [2.45, 2.75) is 75.6 Å². The van der Waals surface area contributed by atoms with Gasteiger partial charge >= 0.3 is 0 Å². The first-order chi connectivity index (χ1) is 15.4. The molecule has 5 atom stereocenters. The van der Waals surface area contributed by atoms with Crippen LogP contribution in [0.5, 0.6) is 5.75 Å². The lowest BCUT2D eigenvalue weighted by Gasteiger charge is -2.55. The lowest BCUT2D eigenvalue weighted by molar-refractivity contribution is -0.208. The number of ketones is 1. The lowest BCUT2D eigenvalue weighted by atomic mass is 9.51. The van der Waals surface area contributed by atoms with Crippen LogP contribution in [-0.2, 0) is 14.3 Å². The summed E-state index contributed by atoms with van der Waals surface area (Å²) in [5, 5.41) is 12.0. The minimum atomic E-state index is -0.866. The summed E-state index contributed by atoms with van der Waals surface area (Å²) in [4.78, 5) is 13.1. The van der Waals surface area contributed by atoms with Gasteiger partial charge in [-0.1, -0.05) is 24.6 Å². The van der Waals surface area contributed by atoms with Crippen LogP contribution in [0.15, 0.2) is 35.4 Å². The Balaban J connectivity index is 1.47. The number of fused-ring (bicyclic) bond motifs is 4. The highest BCUT2D eigenvalue weighted by Gasteiger charge is 2.60. The van der Waals surface area contributed by atoms with Crippen molar-refractivity contribution < 1.29 is 24.1 Å². The molecule has 0 bridgehead atoms. The third-order valence-corrected chi connectivity index (χ3v) is 9.46. The maximum Gasteiger partial charge on any atom is 0.171 e. The van der Waals surface area contributed by atoms with E-state index in [-0.39, 0.29) is 11.3 Å². The Morgan fingerprint density at radius 2 is 1.81 bits per heavy atom. The highest BCUT2D eigenvalue weighted by Crippen LogP contribution is 2.64. The van der Waals surface area contributed by atoms with Gasteiger partial charge in [-0.05, 0) is 67.2 Å². The highest BCUT2D eigenvalue weighted by atomic mass is 16.7. The third kappa shape index (κ3) is 2.90. The molecule has 0 radical (unpaired) electrons. The van der Waals surface area contributed by atoms with Crippen molar-refractivity contribution in [3.05, 3.63) is 41.0 Å². The van der Waals surface area contributed by atoms with Crippen LogP contribution in [0.4, 0.5) is 0 Å². The Bertz CT molecular complexity index is 959. The number of rotatable bonds is 2. The number of hydrogen-bond donors (Lipinski definition) is 1. The van der Waals surface area contributed by atoms with Gasteiger partial charge in [-0.2, -0.15) is 0 Å². The van der Waals surface area contributed by atoms with E-state index in [1.807, 2.05) is 12.1 Å². The topological polar surface area (TPSA) is 65.0 Å². The summed E-state index contributed by atoms with van der Waals surface area (Å²) in [7, 11) is 1.69. The summed E-state index contributed by atoms with van der Waals surface area (Å²) < 4.78 is 17.4. The second-order valence-electron chi connectivity index (χ2n) is 10.9. The summed E-state index contributed by atoms with van der Waals surface area (Å²) in [6.07, 6.45) is 6.34. The molecule has 5 heteroatoms. The smallest absolute Gasteiger partial charge is 0.171 e. The zero-order chi connectivity index (χ0) is 22.1. The van der Waals surface area contributed by atoms with E-state index in [4.69, 9.17) is 14.2 Å². The van der Waals surface area contributed by atoms with Crippen molar-refractivity contribution in [3.63, 3.8) is 0 Å². The van der Waals surface area contributed by atoms with Gasteiger partial charge in [0.15, 0.2) is 5.79 Å². The molecule has 3 saturated carbocycles. The zero-order valence-corrected chi connectivity index (χ0v) is 19.2. The van der Waals surface area contributed by atoms with Gasteiger partial charge in [0.05, 0.1) is 25.9 Å². The fourth-order valence-electron chi connectivity index (χ4n) is 7.92. The molecular formula is C27H34O5. The second-order valence-corrected chi connectivity index (χ2v) is 10.9. The lowest BCUT2D eigenvalue weighted by Crippen LogP contribution is -2.53. The van der Waals surface area contributed by atoms with Crippen LogP contribution >= 0.6 is 0 Å². The van der Waals surface area contributed by atoms with Gasteiger partial charge in [0, 0.05) is 30.6 Å². The second kappa shape index (κ2) is 7.15. The van der Waals surface area contributed by atoms with Crippen LogP contribution in [0.25, 0.3) is 0 Å². The molecular weight excluding hydrogens is 404 g/mol. The molecule has 1 heterocycles. The molecule has 1 N–H and O–H groups in total. The summed E-state index contributed by atoms with van der Waals surface area (Å²) >= 11 is 0. The molecule has 5 aliphatic rings. The van der Waals surface area contributed by atoms with Gasteiger partial charge in [0.2, 0.25) is 0 Å². The van der Waals surface area contributed by atoms with Crippen LogP contribution in [0.1, 0.15) is 69.8 Å². The van der Waals surface area contributed by atoms with E-state index >= 15 is 0 Å². The number of carbonyl (C=O) groups excluding carboxylic acids is 1. The molecule has 1 aliphatic heterocycles. The van der Waals surface area contributed by atoms with Gasteiger partial charge < -0.3 is 19.3 Å². The maximum atomic E-state index is 13.1. The van der Waals surface area contributed by atoms with E-state index in [2.05, 4.69) is 19.1 Å². The Hall–Kier alpha value is -1.69. The Labute approximate surface area is 190 Å². The van der Waals surface area contributed by atoms with Crippen LogP contribution < -0.4 is 4.74 Å². The predicted molar refractivity (Wildman–Crippen MR) is 119 cm³/mol. The number of ether oxygens (including phenoxy) is 3. The quantitative estimate of drug-likeness (QED) is 0.687. The maximum absolute atomic E-state index is 13.1. The zero-order valence-electron chi connectivity index (χ0n) is 19.2. The number of carbonyl (C=O) groups is 1. The van der Waals surface area contributed by atoms with Crippen molar-refractivity contribution in [1.29, 1.82) is 0 Å². The first-order valence-electron chi connectivity index (χ1n) is 12.3. The summed E-state index contributed by atoms with van der Waals surface area (Å²) in [6.45, 7) is 3.44. The number of hydrogen-bond acceptors (Lipinski definition) is 5. The monoisotopic (exact) mass is 438 g/mol. The fraction of sp³-hybridized carbons (Fsp3) is 0.667. The van der Waals surface area contributed by atoms with Crippen molar-refractivity contribution in [1.82, 2.24) is 0 Å². The Morgan fingerprint density at radius 3 is 2.53 bits per heavy atom. The number of benzene rings is 1. The SMILES string of the molecule is COc1ccc([C@@H]2C[C@]3(C)C(=O)CC[C@H]3[C@@H]3CC[C@]4(O)CC5(CCC4=C23)OCCO5)cc1. The van der Waals surface area contributed by atoms with Crippen molar-refractivity contribution in [3.8, 4) is 5.75 Å². The Kier molecular flexibility index (Phi) is 4.67. The number of aliphatic hydroxyl groups is 1. The van der Waals surface area contributed by atoms with Crippen LogP contribution in [0.3, 0.4) is 0 Å². The highest BCUT2D eigenvalue weighted by molar-refractivity contribution is 5.87. The average Bonchev–Trinajstić information content (AvgIpc) is 3.36. The average molecular weight is 439 g/mol. The molecule has 0 unspecified atom stereocenters. The van der Waals surface area contributed by atoms with E-state index in [9.17, 15) is 9.90 Å². The molecule has 0 amide bonds. The summed E-state index contributed by atoms with van der Waals surface area (Å²) in [6, 6.07) is 8.34. The van der Waals surface area contributed by atoms with Gasteiger partial charge in [-0.25, -0.2) is 0 Å². The van der Waals surface area contributed by atoms with E-state index in [0.717, 1.165) is 44.3 Å². The molecule has 4 aliphatic carbocycles. The first-order valence-corrected chi connectivity index (χ1v) is 12.3. The van der Waals surface area contributed by atoms with Crippen molar-refractivity contribution in [2.75, 3.05) is 20.3 Å². The summed E-state index contributed by atoms with van der Waals surface area (Å²) in [5.74, 6) is 1.59. The third-order valence-electron chi connectivity index (χ3n) is 9.46. The molecule has 32 heavy (non-hydrogen) atoms. The molecule has 6 rings (SSSR count). The van der Waals surface area contributed by atoms with Crippen LogP contribution in [-0.4, -0.2) is 42.6 Å². The van der Waals surface area contributed by atoms with Gasteiger partial charge in [0.25, 0.3) is 0 Å². The van der Waals surface area contributed by atoms with Gasteiger partial charge in [-0.15, -0.1) is 0 Å². The molecule has 1 saturated heterocycles. The normalized spacial score (nSPS) is 40.2. The molecule has 5 nitrogen and oxygen atoms in total. The molecule has 4 fully saturated rings. The molecule has 1 spiro atoms. The van der Waals surface area contributed by atoms with E-state index in [1.54, 1.807) is 7.11 Å². The number of methoxy groups -OCH3 is 1. The standard InChI is InChI=1S/C27H34O5/c1-25-15-20(17-3-5-18(30-2)6-4-17)24-19(21(25)7-8-23(25)28)9-11-26(29)16-27(12-10-22(24)26)31-13-14-32-27/h3-6,19-21,29H,7-16H2,1-2H3/t19-,20-,21-,25-,26-/m0/s1. The number of allylic oxidation sites excluding steroid dienone is 1. The first kappa shape index (κ1) is 20.9. The molecule has 1 aromatic rings. The van der Waals surface area contributed by atoms with Crippen molar-refractivity contribution >= 4 is 5.78 Å². The van der Waals surface area contributed by atoms with Crippen molar-refractivity contribution in [2.24, 2.45) is 17.3 Å². The largest absolute Gasteiger partial charge is 0.497 e. The van der Waals surface area contributed by atoms with E-state index in [0.29, 0.717) is 43.7 Å². The fourth-order valence-corrected chi connectivity index (χ4v) is 7.92. The number of Topliss-reactive ketones (excluding diaryl/α,β-unsaturated/α-hetero) is 1. The van der Waals surface area contributed by atoms with Crippen LogP contribution in [0, 0.1) is 17.3 Å². The van der Waals surface area contributed by atoms with E-state index < -0.39 is 11.4 Å². The van der Waals surface area contributed by atoms with Gasteiger partial charge in [0.1, 0.15) is 11.5 Å². The minimum absolute atomic E-state index is 0.162. The minimum Gasteiger partial charge on any atom is -0.497 e. The summed E-state index contributed by atoms with van der Waals surface area (Å²) in [5.41, 5.74) is 2.75. The molecule has 1 aromatic carbocycles.